The second kappa shape index (κ2) is 2.92. The van der Waals surface area contributed by atoms with Crippen LogP contribution in [0.15, 0.2) is 18.2 Å². The highest BCUT2D eigenvalue weighted by atomic mass is 19.3. The van der Waals surface area contributed by atoms with Crippen LogP contribution in [0.2, 0.25) is 0 Å². The molecule has 0 spiro atoms. The minimum atomic E-state index is -2.78. The summed E-state index contributed by atoms with van der Waals surface area (Å²) >= 11 is 0. The van der Waals surface area contributed by atoms with Crippen LogP contribution in [0.1, 0.15) is 17.5 Å². The van der Waals surface area contributed by atoms with Crippen molar-refractivity contribution in [2.45, 2.75) is 24.7 Å². The zero-order valence-corrected chi connectivity index (χ0v) is 8.43. The van der Waals surface area contributed by atoms with Gasteiger partial charge in [0.1, 0.15) is 5.75 Å². The van der Waals surface area contributed by atoms with Gasteiger partial charge in [-0.15, -0.1) is 0 Å². The Bertz CT molecular complexity index is 406. The Balaban J connectivity index is 2.50. The molecule has 1 unspecified atom stereocenters. The molecular formula is C11H13F2NO. The fourth-order valence-electron chi connectivity index (χ4n) is 1.99. The summed E-state index contributed by atoms with van der Waals surface area (Å²) < 4.78 is 26.5. The predicted molar refractivity (Wildman–Crippen MR) is 53.1 cm³/mol. The number of rotatable bonds is 2. The van der Waals surface area contributed by atoms with E-state index in [0.717, 1.165) is 5.56 Å². The molecule has 0 saturated heterocycles. The van der Waals surface area contributed by atoms with Crippen LogP contribution >= 0.6 is 0 Å². The molecule has 4 heteroatoms. The summed E-state index contributed by atoms with van der Waals surface area (Å²) in [5, 5.41) is 9.59. The van der Waals surface area contributed by atoms with E-state index < -0.39 is 11.3 Å². The number of phenols is 1. The van der Waals surface area contributed by atoms with Crippen LogP contribution in [-0.2, 0) is 5.41 Å². The standard InChI is InChI=1S/C11H13F2NO/c1-7-2-3-9(15)8(4-7)10(6-14)5-11(10,12)13/h2-4,15H,5-6,14H2,1H3. The number of alkyl halides is 2. The third-order valence-electron chi connectivity index (χ3n) is 3.12. The number of nitrogens with two attached hydrogens (primary N) is 1. The summed E-state index contributed by atoms with van der Waals surface area (Å²) in [6, 6.07) is 4.71. The van der Waals surface area contributed by atoms with Gasteiger partial charge in [-0.2, -0.15) is 0 Å². The van der Waals surface area contributed by atoms with E-state index in [1.807, 2.05) is 0 Å². The number of halogens is 2. The van der Waals surface area contributed by atoms with Crippen LogP contribution in [0.3, 0.4) is 0 Å². The summed E-state index contributed by atoms with van der Waals surface area (Å²) in [6.07, 6.45) is -0.270. The van der Waals surface area contributed by atoms with E-state index in [1.54, 1.807) is 19.1 Å². The van der Waals surface area contributed by atoms with Gasteiger partial charge in [0.05, 0.1) is 5.41 Å². The van der Waals surface area contributed by atoms with Crippen LogP contribution in [-0.4, -0.2) is 17.6 Å². The van der Waals surface area contributed by atoms with Crippen LogP contribution in [0.5, 0.6) is 5.75 Å². The number of aryl methyl sites for hydroxylation is 1. The van der Waals surface area contributed by atoms with Gasteiger partial charge in [0.25, 0.3) is 5.92 Å². The molecule has 1 aliphatic carbocycles. The Morgan fingerprint density at radius 2 is 2.07 bits per heavy atom. The molecular weight excluding hydrogens is 200 g/mol. The van der Waals surface area contributed by atoms with Crippen molar-refractivity contribution in [1.82, 2.24) is 0 Å². The Labute approximate surface area is 86.7 Å². The maximum atomic E-state index is 13.3. The SMILES string of the molecule is Cc1ccc(O)c(C2(CN)CC2(F)F)c1. The lowest BCUT2D eigenvalue weighted by molar-refractivity contribution is 0.0889. The van der Waals surface area contributed by atoms with Crippen molar-refractivity contribution in [2.75, 3.05) is 6.54 Å². The second-order valence-electron chi connectivity index (χ2n) is 4.19. The van der Waals surface area contributed by atoms with Crippen molar-refractivity contribution in [3.05, 3.63) is 29.3 Å². The molecule has 0 amide bonds. The second-order valence-corrected chi connectivity index (χ2v) is 4.19. The molecule has 1 fully saturated rings. The van der Waals surface area contributed by atoms with E-state index in [2.05, 4.69) is 0 Å². The van der Waals surface area contributed by atoms with Gasteiger partial charge in [0.2, 0.25) is 0 Å². The van der Waals surface area contributed by atoms with E-state index in [4.69, 9.17) is 5.73 Å². The van der Waals surface area contributed by atoms with Crippen LogP contribution < -0.4 is 5.73 Å². The average molecular weight is 213 g/mol. The third kappa shape index (κ3) is 1.32. The highest BCUT2D eigenvalue weighted by Crippen LogP contribution is 2.62. The fraction of sp³-hybridized carbons (Fsp3) is 0.455. The van der Waals surface area contributed by atoms with E-state index in [0.29, 0.717) is 0 Å². The van der Waals surface area contributed by atoms with E-state index >= 15 is 0 Å². The molecule has 2 nitrogen and oxygen atoms in total. The molecule has 82 valence electrons. The Kier molecular flexibility index (Phi) is 2.01. The molecule has 0 aliphatic heterocycles. The van der Waals surface area contributed by atoms with Crippen molar-refractivity contribution in [3.63, 3.8) is 0 Å². The molecule has 1 saturated carbocycles. The summed E-state index contributed by atoms with van der Waals surface area (Å²) in [5.41, 5.74) is 5.18. The summed E-state index contributed by atoms with van der Waals surface area (Å²) in [7, 11) is 0. The highest BCUT2D eigenvalue weighted by molar-refractivity contribution is 5.48. The lowest BCUT2D eigenvalue weighted by Gasteiger charge is -2.16. The summed E-state index contributed by atoms with van der Waals surface area (Å²) in [4.78, 5) is 0. The minimum absolute atomic E-state index is 0.0942. The summed E-state index contributed by atoms with van der Waals surface area (Å²) in [6.45, 7) is 1.66. The molecule has 1 aliphatic rings. The first-order valence-electron chi connectivity index (χ1n) is 4.81. The largest absolute Gasteiger partial charge is 0.508 e. The highest BCUT2D eigenvalue weighted by Gasteiger charge is 2.71. The van der Waals surface area contributed by atoms with Crippen molar-refractivity contribution < 1.29 is 13.9 Å². The molecule has 0 bridgehead atoms. The number of hydrogen-bond donors (Lipinski definition) is 2. The van der Waals surface area contributed by atoms with Gasteiger partial charge >= 0.3 is 0 Å². The monoisotopic (exact) mass is 213 g/mol. The van der Waals surface area contributed by atoms with Crippen LogP contribution in [0.4, 0.5) is 8.78 Å². The lowest BCUT2D eigenvalue weighted by atomic mass is 9.93. The van der Waals surface area contributed by atoms with Crippen LogP contribution in [0.25, 0.3) is 0 Å². The van der Waals surface area contributed by atoms with Crippen LogP contribution in [0, 0.1) is 6.92 Å². The molecule has 1 aromatic rings. The van der Waals surface area contributed by atoms with Crippen molar-refractivity contribution in [3.8, 4) is 5.75 Å². The molecule has 1 aromatic carbocycles. The van der Waals surface area contributed by atoms with E-state index in [9.17, 15) is 13.9 Å². The number of aromatic hydroxyl groups is 1. The number of phenolic OH excluding ortho intramolecular Hbond substituents is 1. The first-order valence-corrected chi connectivity index (χ1v) is 4.81. The first-order chi connectivity index (χ1) is 6.93. The molecule has 0 radical (unpaired) electrons. The first kappa shape index (κ1) is 10.4. The van der Waals surface area contributed by atoms with Gasteiger partial charge < -0.3 is 10.8 Å². The Hall–Kier alpha value is -1.16. The minimum Gasteiger partial charge on any atom is -0.508 e. The maximum Gasteiger partial charge on any atom is 0.260 e. The van der Waals surface area contributed by atoms with Gasteiger partial charge in [0, 0.05) is 18.5 Å². The van der Waals surface area contributed by atoms with Gasteiger partial charge in [-0.25, -0.2) is 8.78 Å². The molecule has 1 atom stereocenters. The van der Waals surface area contributed by atoms with Crippen molar-refractivity contribution >= 4 is 0 Å². The van der Waals surface area contributed by atoms with Gasteiger partial charge in [-0.05, 0) is 13.0 Å². The molecule has 0 heterocycles. The van der Waals surface area contributed by atoms with Crippen molar-refractivity contribution in [2.24, 2.45) is 5.73 Å². The lowest BCUT2D eigenvalue weighted by Crippen LogP contribution is -2.26. The topological polar surface area (TPSA) is 46.2 Å². The normalized spacial score (nSPS) is 27.7. The van der Waals surface area contributed by atoms with Gasteiger partial charge in [0.15, 0.2) is 0 Å². The smallest absolute Gasteiger partial charge is 0.260 e. The molecule has 15 heavy (non-hydrogen) atoms. The van der Waals surface area contributed by atoms with Gasteiger partial charge in [-0.1, -0.05) is 17.7 Å². The zero-order chi connectivity index (χ0) is 11.3. The Morgan fingerprint density at radius 3 is 2.53 bits per heavy atom. The van der Waals surface area contributed by atoms with Gasteiger partial charge in [-0.3, -0.25) is 0 Å². The van der Waals surface area contributed by atoms with E-state index in [1.165, 1.54) is 6.07 Å². The molecule has 0 aromatic heterocycles. The Morgan fingerprint density at radius 1 is 1.47 bits per heavy atom. The fourth-order valence-corrected chi connectivity index (χ4v) is 1.99. The average Bonchev–Trinajstić information content (AvgIpc) is 2.74. The molecule has 3 N–H and O–H groups in total. The maximum absolute atomic E-state index is 13.3. The molecule has 2 rings (SSSR count). The quantitative estimate of drug-likeness (QED) is 0.788. The van der Waals surface area contributed by atoms with E-state index in [-0.39, 0.29) is 24.3 Å². The zero-order valence-electron chi connectivity index (χ0n) is 8.43. The summed E-state index contributed by atoms with van der Waals surface area (Å²) in [5.74, 6) is -2.88. The third-order valence-corrected chi connectivity index (χ3v) is 3.12. The predicted octanol–water partition coefficient (Wildman–Crippen LogP) is 1.94. The number of hydrogen-bond acceptors (Lipinski definition) is 2. The van der Waals surface area contributed by atoms with Crippen molar-refractivity contribution in [1.29, 1.82) is 0 Å². The number of benzene rings is 1.